The topological polar surface area (TPSA) is 50.2 Å². The lowest BCUT2D eigenvalue weighted by molar-refractivity contribution is -0.141. The zero-order chi connectivity index (χ0) is 16.3. The Hall–Kier alpha value is -1.57. The zero-order valence-corrected chi connectivity index (χ0v) is 12.8. The first-order valence-corrected chi connectivity index (χ1v) is 7.46. The van der Waals surface area contributed by atoms with Crippen molar-refractivity contribution in [3.05, 3.63) is 17.5 Å². The van der Waals surface area contributed by atoms with E-state index in [1.807, 2.05) is 6.92 Å². The van der Waals surface area contributed by atoms with Crippen molar-refractivity contribution in [1.29, 1.82) is 0 Å². The lowest BCUT2D eigenvalue weighted by atomic mass is 10.1. The normalized spacial score (nSPS) is 17.7. The first-order valence-electron chi connectivity index (χ1n) is 7.46. The molecule has 8 heteroatoms. The molecule has 1 aliphatic heterocycles. The SMILES string of the molecule is CC[C@@H](CNC(=O)c1cn(C)nc1C(F)(F)F)N1CCCC1. The van der Waals surface area contributed by atoms with Crippen molar-refractivity contribution in [3.8, 4) is 0 Å². The molecule has 2 rings (SSSR count). The molecule has 1 atom stereocenters. The zero-order valence-electron chi connectivity index (χ0n) is 12.8. The summed E-state index contributed by atoms with van der Waals surface area (Å²) in [5.74, 6) is -0.724. The van der Waals surface area contributed by atoms with Gasteiger partial charge in [0.05, 0.1) is 5.56 Å². The Morgan fingerprint density at radius 1 is 1.41 bits per heavy atom. The minimum atomic E-state index is -4.63. The fourth-order valence-corrected chi connectivity index (χ4v) is 2.81. The molecule has 1 amide bonds. The minimum absolute atomic E-state index is 0.164. The number of hydrogen-bond donors (Lipinski definition) is 1. The van der Waals surface area contributed by atoms with Crippen LogP contribution in [0.5, 0.6) is 0 Å². The minimum Gasteiger partial charge on any atom is -0.350 e. The molecule has 1 fully saturated rings. The second kappa shape index (κ2) is 6.68. The summed E-state index contributed by atoms with van der Waals surface area (Å²) < 4.78 is 39.6. The Morgan fingerprint density at radius 2 is 2.05 bits per heavy atom. The molecule has 22 heavy (non-hydrogen) atoms. The maximum atomic E-state index is 12.9. The molecule has 0 aromatic carbocycles. The number of aryl methyl sites for hydroxylation is 1. The van der Waals surface area contributed by atoms with Crippen molar-refractivity contribution >= 4 is 5.91 Å². The van der Waals surface area contributed by atoms with Gasteiger partial charge in [-0.25, -0.2) is 0 Å². The number of amides is 1. The summed E-state index contributed by atoms with van der Waals surface area (Å²) in [6, 6.07) is 0.164. The van der Waals surface area contributed by atoms with E-state index in [2.05, 4.69) is 15.3 Å². The van der Waals surface area contributed by atoms with Crippen molar-refractivity contribution in [2.75, 3.05) is 19.6 Å². The highest BCUT2D eigenvalue weighted by atomic mass is 19.4. The number of alkyl halides is 3. The molecule has 0 spiro atoms. The molecule has 1 aliphatic rings. The van der Waals surface area contributed by atoms with Gasteiger partial charge < -0.3 is 5.32 Å². The van der Waals surface area contributed by atoms with Gasteiger partial charge in [-0.2, -0.15) is 18.3 Å². The van der Waals surface area contributed by atoms with Crippen LogP contribution in [0.3, 0.4) is 0 Å². The number of nitrogens with zero attached hydrogens (tertiary/aromatic N) is 3. The van der Waals surface area contributed by atoms with E-state index in [4.69, 9.17) is 0 Å². The second-order valence-corrected chi connectivity index (χ2v) is 5.58. The van der Waals surface area contributed by atoms with Gasteiger partial charge in [0.1, 0.15) is 0 Å². The van der Waals surface area contributed by atoms with Gasteiger partial charge in [-0.1, -0.05) is 6.92 Å². The molecule has 0 bridgehead atoms. The monoisotopic (exact) mass is 318 g/mol. The molecule has 1 aromatic rings. The molecular formula is C14H21F3N4O. The van der Waals surface area contributed by atoms with Gasteiger partial charge in [-0.3, -0.25) is 14.4 Å². The number of hydrogen-bond acceptors (Lipinski definition) is 3. The lowest BCUT2D eigenvalue weighted by Crippen LogP contribution is -2.42. The van der Waals surface area contributed by atoms with Crippen LogP contribution >= 0.6 is 0 Å². The molecule has 5 nitrogen and oxygen atoms in total. The number of nitrogens with one attached hydrogen (secondary N) is 1. The van der Waals surface area contributed by atoms with Gasteiger partial charge in [0, 0.05) is 25.8 Å². The second-order valence-electron chi connectivity index (χ2n) is 5.58. The van der Waals surface area contributed by atoms with Crippen molar-refractivity contribution in [3.63, 3.8) is 0 Å². The van der Waals surface area contributed by atoms with Crippen LogP contribution in [-0.2, 0) is 13.2 Å². The van der Waals surface area contributed by atoms with E-state index in [0.717, 1.165) is 43.2 Å². The van der Waals surface area contributed by atoms with Crippen LogP contribution < -0.4 is 5.32 Å². The predicted octanol–water partition coefficient (Wildman–Crippen LogP) is 2.04. The molecule has 0 aliphatic carbocycles. The number of carbonyl (C=O) groups is 1. The van der Waals surface area contributed by atoms with Crippen molar-refractivity contribution in [1.82, 2.24) is 20.0 Å². The highest BCUT2D eigenvalue weighted by Crippen LogP contribution is 2.30. The number of rotatable bonds is 5. The molecule has 0 radical (unpaired) electrons. The van der Waals surface area contributed by atoms with Crippen molar-refractivity contribution in [2.45, 2.75) is 38.4 Å². The number of halogens is 3. The first-order chi connectivity index (χ1) is 10.3. The van der Waals surface area contributed by atoms with E-state index >= 15 is 0 Å². The van der Waals surface area contributed by atoms with Crippen LogP contribution in [0, 0.1) is 0 Å². The van der Waals surface area contributed by atoms with E-state index < -0.39 is 23.3 Å². The largest absolute Gasteiger partial charge is 0.435 e. The van der Waals surface area contributed by atoms with Gasteiger partial charge in [0.2, 0.25) is 0 Å². The molecule has 1 N–H and O–H groups in total. The quantitative estimate of drug-likeness (QED) is 0.904. The van der Waals surface area contributed by atoms with Crippen LogP contribution in [0.1, 0.15) is 42.2 Å². The van der Waals surface area contributed by atoms with Crippen LogP contribution in [-0.4, -0.2) is 46.3 Å². The van der Waals surface area contributed by atoms with E-state index in [-0.39, 0.29) is 6.04 Å². The van der Waals surface area contributed by atoms with Gasteiger partial charge in [0.15, 0.2) is 5.69 Å². The summed E-state index contributed by atoms with van der Waals surface area (Å²) in [6.07, 6.45) is -0.419. The lowest BCUT2D eigenvalue weighted by Gasteiger charge is -2.26. The molecule has 0 saturated carbocycles. The first kappa shape index (κ1) is 16.8. The predicted molar refractivity (Wildman–Crippen MR) is 75.4 cm³/mol. The molecule has 1 aromatic heterocycles. The summed E-state index contributed by atoms with van der Waals surface area (Å²) >= 11 is 0. The van der Waals surface area contributed by atoms with Crippen LogP contribution in [0.15, 0.2) is 6.20 Å². The maximum Gasteiger partial charge on any atom is 0.435 e. The summed E-state index contributed by atoms with van der Waals surface area (Å²) in [7, 11) is 1.37. The molecule has 2 heterocycles. The third-order valence-electron chi connectivity index (χ3n) is 3.97. The summed E-state index contributed by atoms with van der Waals surface area (Å²) in [4.78, 5) is 14.3. The summed E-state index contributed by atoms with van der Waals surface area (Å²) in [6.45, 7) is 4.33. The third kappa shape index (κ3) is 3.79. The maximum absolute atomic E-state index is 12.9. The molecule has 0 unspecified atom stereocenters. The van der Waals surface area contributed by atoms with Crippen LogP contribution in [0.4, 0.5) is 13.2 Å². The summed E-state index contributed by atoms with van der Waals surface area (Å²) in [5, 5.41) is 5.97. The van der Waals surface area contributed by atoms with E-state index in [1.54, 1.807) is 0 Å². The highest BCUT2D eigenvalue weighted by Gasteiger charge is 2.39. The van der Waals surface area contributed by atoms with Gasteiger partial charge >= 0.3 is 6.18 Å². The standard InChI is InChI=1S/C14H21F3N4O/c1-3-10(21-6-4-5-7-21)8-18-13(22)11-9-20(2)19-12(11)14(15,16)17/h9-10H,3-8H2,1-2H3,(H,18,22)/t10-/m0/s1. The fourth-order valence-electron chi connectivity index (χ4n) is 2.81. The van der Waals surface area contributed by atoms with Crippen LogP contribution in [0.2, 0.25) is 0 Å². The molecule has 124 valence electrons. The Balaban J connectivity index is 2.03. The van der Waals surface area contributed by atoms with Crippen molar-refractivity contribution < 1.29 is 18.0 Å². The van der Waals surface area contributed by atoms with Crippen molar-refractivity contribution in [2.24, 2.45) is 7.05 Å². The van der Waals surface area contributed by atoms with Gasteiger partial charge in [0.25, 0.3) is 5.91 Å². The molecule has 1 saturated heterocycles. The summed E-state index contributed by atoms with van der Waals surface area (Å²) in [5.41, 5.74) is -1.56. The highest BCUT2D eigenvalue weighted by molar-refractivity contribution is 5.95. The van der Waals surface area contributed by atoms with Gasteiger partial charge in [-0.05, 0) is 32.4 Å². The Bertz CT molecular complexity index is 521. The molecular weight excluding hydrogens is 297 g/mol. The Morgan fingerprint density at radius 3 is 2.59 bits per heavy atom. The number of carbonyl (C=O) groups excluding carboxylic acids is 1. The smallest absolute Gasteiger partial charge is 0.350 e. The number of aromatic nitrogens is 2. The Kier molecular flexibility index (Phi) is 5.10. The van der Waals surface area contributed by atoms with E-state index in [1.165, 1.54) is 7.05 Å². The van der Waals surface area contributed by atoms with Crippen LogP contribution in [0.25, 0.3) is 0 Å². The average molecular weight is 318 g/mol. The fraction of sp³-hybridized carbons (Fsp3) is 0.714. The average Bonchev–Trinajstić information content (AvgIpc) is 3.08. The van der Waals surface area contributed by atoms with E-state index in [9.17, 15) is 18.0 Å². The van der Waals surface area contributed by atoms with Gasteiger partial charge in [-0.15, -0.1) is 0 Å². The number of likely N-dealkylation sites (tertiary alicyclic amines) is 1. The Labute approximate surface area is 127 Å². The van der Waals surface area contributed by atoms with E-state index in [0.29, 0.717) is 6.54 Å². The third-order valence-corrected chi connectivity index (χ3v) is 3.97.